The van der Waals surface area contributed by atoms with Crippen molar-refractivity contribution in [2.75, 3.05) is 6.54 Å². The van der Waals surface area contributed by atoms with Gasteiger partial charge in [0, 0.05) is 6.04 Å². The first kappa shape index (κ1) is 14.0. The van der Waals surface area contributed by atoms with E-state index in [2.05, 4.69) is 56.9 Å². The molecule has 0 aliphatic rings. The van der Waals surface area contributed by atoms with Crippen LogP contribution in [-0.4, -0.2) is 6.54 Å². The smallest absolute Gasteiger partial charge is 0.0360 e. The number of benzene rings is 1. The fourth-order valence-corrected chi connectivity index (χ4v) is 2.02. The predicted octanol–water partition coefficient (Wildman–Crippen LogP) is 4.39. The van der Waals surface area contributed by atoms with E-state index in [0.29, 0.717) is 6.04 Å². The number of nitrogens with one attached hydrogen (secondary N) is 1. The summed E-state index contributed by atoms with van der Waals surface area (Å²) in [4.78, 5) is 0. The van der Waals surface area contributed by atoms with E-state index < -0.39 is 0 Å². The molecule has 1 nitrogen and oxygen atoms in total. The molecule has 17 heavy (non-hydrogen) atoms. The summed E-state index contributed by atoms with van der Waals surface area (Å²) in [5, 5.41) is 3.63. The first-order chi connectivity index (χ1) is 8.19. The van der Waals surface area contributed by atoms with Crippen molar-refractivity contribution in [1.82, 2.24) is 5.32 Å². The molecule has 0 saturated heterocycles. The molecular formula is C16H25N. The predicted molar refractivity (Wildman–Crippen MR) is 76.3 cm³/mol. The van der Waals surface area contributed by atoms with Gasteiger partial charge in [0.1, 0.15) is 0 Å². The zero-order chi connectivity index (χ0) is 12.7. The third-order valence-electron chi connectivity index (χ3n) is 3.20. The summed E-state index contributed by atoms with van der Waals surface area (Å²) >= 11 is 0. The van der Waals surface area contributed by atoms with Gasteiger partial charge < -0.3 is 5.32 Å². The first-order valence-electron chi connectivity index (χ1n) is 6.64. The van der Waals surface area contributed by atoms with Crippen molar-refractivity contribution >= 4 is 0 Å². The number of aryl methyl sites for hydroxylation is 1. The lowest BCUT2D eigenvalue weighted by molar-refractivity contribution is 0.521. The molecule has 1 aromatic carbocycles. The molecular weight excluding hydrogens is 206 g/mol. The SMILES string of the molecule is C=C(CC)CC(NCCC)c1ccccc1C. The lowest BCUT2D eigenvalue weighted by Gasteiger charge is -2.21. The third-order valence-corrected chi connectivity index (χ3v) is 3.20. The van der Waals surface area contributed by atoms with Gasteiger partial charge in [-0.15, -0.1) is 0 Å². The van der Waals surface area contributed by atoms with Crippen LogP contribution in [-0.2, 0) is 0 Å². The van der Waals surface area contributed by atoms with E-state index in [-0.39, 0.29) is 0 Å². The van der Waals surface area contributed by atoms with Crippen molar-refractivity contribution in [2.24, 2.45) is 0 Å². The van der Waals surface area contributed by atoms with E-state index in [9.17, 15) is 0 Å². The third kappa shape index (κ3) is 4.35. The van der Waals surface area contributed by atoms with E-state index >= 15 is 0 Å². The maximum Gasteiger partial charge on any atom is 0.0360 e. The molecule has 1 unspecified atom stereocenters. The highest BCUT2D eigenvalue weighted by Crippen LogP contribution is 2.24. The monoisotopic (exact) mass is 231 g/mol. The fourth-order valence-electron chi connectivity index (χ4n) is 2.02. The second kappa shape index (κ2) is 7.29. The van der Waals surface area contributed by atoms with Crippen molar-refractivity contribution in [3.8, 4) is 0 Å². The summed E-state index contributed by atoms with van der Waals surface area (Å²) in [6.07, 6.45) is 3.28. The van der Waals surface area contributed by atoms with Gasteiger partial charge in [0.15, 0.2) is 0 Å². The van der Waals surface area contributed by atoms with E-state index in [4.69, 9.17) is 0 Å². The van der Waals surface area contributed by atoms with Crippen LogP contribution < -0.4 is 5.32 Å². The molecule has 0 bridgehead atoms. The molecule has 1 rings (SSSR count). The molecule has 94 valence electrons. The van der Waals surface area contributed by atoms with E-state index in [1.807, 2.05) is 0 Å². The Kier molecular flexibility index (Phi) is 5.99. The molecule has 1 atom stereocenters. The highest BCUT2D eigenvalue weighted by atomic mass is 14.9. The normalized spacial score (nSPS) is 12.4. The lowest BCUT2D eigenvalue weighted by Crippen LogP contribution is -2.23. The van der Waals surface area contributed by atoms with Gasteiger partial charge in [-0.1, -0.05) is 50.3 Å². The largest absolute Gasteiger partial charge is 0.310 e. The van der Waals surface area contributed by atoms with Crippen LogP contribution in [0.25, 0.3) is 0 Å². The average molecular weight is 231 g/mol. The van der Waals surface area contributed by atoms with Gasteiger partial charge in [-0.3, -0.25) is 0 Å². The second-order valence-electron chi connectivity index (χ2n) is 4.67. The Hall–Kier alpha value is -1.08. The summed E-state index contributed by atoms with van der Waals surface area (Å²) in [6, 6.07) is 9.06. The summed E-state index contributed by atoms with van der Waals surface area (Å²) in [5.74, 6) is 0. The summed E-state index contributed by atoms with van der Waals surface area (Å²) in [5.41, 5.74) is 4.10. The van der Waals surface area contributed by atoms with Gasteiger partial charge in [-0.25, -0.2) is 0 Å². The Morgan fingerprint density at radius 3 is 2.59 bits per heavy atom. The Morgan fingerprint density at radius 1 is 1.29 bits per heavy atom. The molecule has 1 heteroatoms. The Bertz CT molecular complexity index is 354. The van der Waals surface area contributed by atoms with E-state index in [1.54, 1.807) is 0 Å². The fraction of sp³-hybridized carbons (Fsp3) is 0.500. The lowest BCUT2D eigenvalue weighted by atomic mass is 9.95. The van der Waals surface area contributed by atoms with Crippen molar-refractivity contribution in [1.29, 1.82) is 0 Å². The zero-order valence-electron chi connectivity index (χ0n) is 11.4. The Balaban J connectivity index is 2.81. The van der Waals surface area contributed by atoms with Crippen LogP contribution in [0, 0.1) is 6.92 Å². The second-order valence-corrected chi connectivity index (χ2v) is 4.67. The van der Waals surface area contributed by atoms with Crippen LogP contribution in [0.5, 0.6) is 0 Å². The van der Waals surface area contributed by atoms with Crippen LogP contribution in [0.1, 0.15) is 50.3 Å². The molecule has 0 aliphatic carbocycles. The molecule has 0 heterocycles. The molecule has 0 aromatic heterocycles. The van der Waals surface area contributed by atoms with E-state index in [1.165, 1.54) is 23.1 Å². The summed E-state index contributed by atoms with van der Waals surface area (Å²) in [7, 11) is 0. The van der Waals surface area contributed by atoms with Gasteiger partial charge in [0.2, 0.25) is 0 Å². The minimum Gasteiger partial charge on any atom is -0.310 e. The van der Waals surface area contributed by atoms with Crippen LogP contribution in [0.2, 0.25) is 0 Å². The number of rotatable bonds is 7. The van der Waals surface area contributed by atoms with E-state index in [0.717, 1.165) is 19.4 Å². The molecule has 0 amide bonds. The highest BCUT2D eigenvalue weighted by Gasteiger charge is 2.13. The molecule has 0 aliphatic heterocycles. The molecule has 0 spiro atoms. The Morgan fingerprint density at radius 2 is 2.00 bits per heavy atom. The standard InChI is InChI=1S/C16H25N/c1-5-11-17-16(12-13(3)6-2)15-10-8-7-9-14(15)4/h7-10,16-17H,3,5-6,11-12H2,1-2,4H3. The van der Waals surface area contributed by atoms with Crippen LogP contribution in [0.15, 0.2) is 36.4 Å². The van der Waals surface area contributed by atoms with Gasteiger partial charge in [-0.05, 0) is 43.9 Å². The van der Waals surface area contributed by atoms with Crippen molar-refractivity contribution in [2.45, 2.75) is 46.1 Å². The average Bonchev–Trinajstić information content (AvgIpc) is 2.35. The minimum atomic E-state index is 0.420. The maximum atomic E-state index is 4.14. The maximum absolute atomic E-state index is 4.14. The summed E-state index contributed by atoms with van der Waals surface area (Å²) < 4.78 is 0. The Labute approximate surface area is 106 Å². The van der Waals surface area contributed by atoms with Crippen molar-refractivity contribution in [3.05, 3.63) is 47.5 Å². The topological polar surface area (TPSA) is 12.0 Å². The molecule has 1 aromatic rings. The molecule has 1 N–H and O–H groups in total. The van der Waals surface area contributed by atoms with Gasteiger partial charge in [-0.2, -0.15) is 0 Å². The van der Waals surface area contributed by atoms with Crippen molar-refractivity contribution < 1.29 is 0 Å². The van der Waals surface area contributed by atoms with Gasteiger partial charge in [0.05, 0.1) is 0 Å². The summed E-state index contributed by atoms with van der Waals surface area (Å²) in [6.45, 7) is 11.8. The highest BCUT2D eigenvalue weighted by molar-refractivity contribution is 5.29. The zero-order valence-corrected chi connectivity index (χ0v) is 11.4. The quantitative estimate of drug-likeness (QED) is 0.686. The number of hydrogen-bond donors (Lipinski definition) is 1. The van der Waals surface area contributed by atoms with Gasteiger partial charge in [0.25, 0.3) is 0 Å². The van der Waals surface area contributed by atoms with Crippen molar-refractivity contribution in [3.63, 3.8) is 0 Å². The molecule has 0 fully saturated rings. The first-order valence-corrected chi connectivity index (χ1v) is 6.64. The minimum absolute atomic E-state index is 0.420. The molecule has 0 saturated carbocycles. The molecule has 0 radical (unpaired) electrons. The number of hydrogen-bond acceptors (Lipinski definition) is 1. The van der Waals surface area contributed by atoms with Gasteiger partial charge >= 0.3 is 0 Å². The van der Waals surface area contributed by atoms with Crippen LogP contribution in [0.3, 0.4) is 0 Å². The van der Waals surface area contributed by atoms with Crippen LogP contribution >= 0.6 is 0 Å². The van der Waals surface area contributed by atoms with Crippen LogP contribution in [0.4, 0.5) is 0 Å².